The van der Waals surface area contributed by atoms with Gasteiger partial charge in [-0.3, -0.25) is 14.5 Å². The topological polar surface area (TPSA) is 62.3 Å². The molecule has 3 aliphatic rings. The Labute approximate surface area is 256 Å². The van der Waals surface area contributed by atoms with Crippen LogP contribution >= 0.6 is 0 Å². The average Bonchev–Trinajstić information content (AvgIpc) is 3.72. The third kappa shape index (κ3) is 7.21. The van der Waals surface area contributed by atoms with Gasteiger partial charge < -0.3 is 19.3 Å². The van der Waals surface area contributed by atoms with E-state index in [9.17, 15) is 9.59 Å². The van der Waals surface area contributed by atoms with Gasteiger partial charge in [0.05, 0.1) is 6.54 Å². The molecule has 0 saturated carbocycles. The third-order valence-electron chi connectivity index (χ3n) is 8.76. The zero-order valence-corrected chi connectivity index (χ0v) is 26.1. The number of carbonyl (C=O) groups is 2. The number of aryl methyl sites for hydroxylation is 1. The average molecular weight is 584 g/mol. The summed E-state index contributed by atoms with van der Waals surface area (Å²) >= 11 is 0. The summed E-state index contributed by atoms with van der Waals surface area (Å²) in [5.74, 6) is 2.10. The molecular weight excluding hydrogens is 538 g/mol. The Kier molecular flexibility index (Phi) is 10.0. The van der Waals surface area contributed by atoms with Crippen LogP contribution in [0.15, 0.2) is 83.9 Å². The van der Waals surface area contributed by atoms with Crippen molar-refractivity contribution in [3.05, 3.63) is 101 Å². The maximum Gasteiger partial charge on any atom is 0.254 e. The van der Waals surface area contributed by atoms with Crippen LogP contribution in [0.25, 0.3) is 0 Å². The summed E-state index contributed by atoms with van der Waals surface area (Å²) in [7, 11) is 0. The highest BCUT2D eigenvalue weighted by Crippen LogP contribution is 2.31. The van der Waals surface area contributed by atoms with Crippen LogP contribution in [0.1, 0.15) is 67.9 Å². The molecule has 2 aromatic rings. The first-order valence-corrected chi connectivity index (χ1v) is 15.7. The molecular formula is C36H45N3O4. The van der Waals surface area contributed by atoms with E-state index >= 15 is 0 Å². The summed E-state index contributed by atoms with van der Waals surface area (Å²) in [6.07, 6.45) is 10.1. The molecule has 0 aliphatic carbocycles. The molecule has 0 aromatic heterocycles. The van der Waals surface area contributed by atoms with Crippen LogP contribution in [0.5, 0.6) is 0 Å². The number of likely N-dealkylation sites (tertiary alicyclic amines) is 1. The number of fused-ring (bicyclic) bond motifs is 1. The van der Waals surface area contributed by atoms with E-state index in [0.29, 0.717) is 32.1 Å². The first-order valence-electron chi connectivity index (χ1n) is 15.7. The largest absolute Gasteiger partial charge is 0.454 e. The molecule has 2 amide bonds. The number of anilines is 1. The lowest BCUT2D eigenvalue weighted by molar-refractivity contribution is -0.120. The van der Waals surface area contributed by atoms with Crippen LogP contribution in [0.2, 0.25) is 0 Å². The van der Waals surface area contributed by atoms with Crippen molar-refractivity contribution in [1.29, 1.82) is 0 Å². The van der Waals surface area contributed by atoms with Crippen LogP contribution in [-0.4, -0.2) is 60.6 Å². The number of unbranched alkanes of at least 4 members (excludes halogenated alkanes) is 1. The Morgan fingerprint density at radius 3 is 2.74 bits per heavy atom. The minimum atomic E-state index is 0.110. The number of allylic oxidation sites excluding steroid dienone is 3. The predicted molar refractivity (Wildman–Crippen MR) is 170 cm³/mol. The fraction of sp³-hybridized carbons (Fsp3) is 0.444. The van der Waals surface area contributed by atoms with Crippen molar-refractivity contribution < 1.29 is 19.1 Å². The Bertz CT molecular complexity index is 1410. The molecule has 2 atom stereocenters. The van der Waals surface area contributed by atoms with Crippen molar-refractivity contribution in [2.45, 2.75) is 66.0 Å². The maximum atomic E-state index is 13.9. The smallest absolute Gasteiger partial charge is 0.254 e. The lowest BCUT2D eigenvalue weighted by atomic mass is 10.0. The molecule has 0 bridgehead atoms. The zero-order chi connectivity index (χ0) is 30.3. The van der Waals surface area contributed by atoms with Gasteiger partial charge in [-0.2, -0.15) is 0 Å². The summed E-state index contributed by atoms with van der Waals surface area (Å²) in [6.45, 7) is 11.7. The summed E-state index contributed by atoms with van der Waals surface area (Å²) in [5, 5.41) is 0. The molecule has 3 heterocycles. The lowest BCUT2D eigenvalue weighted by Crippen LogP contribution is -2.43. The maximum absolute atomic E-state index is 13.9. The van der Waals surface area contributed by atoms with Crippen LogP contribution < -0.4 is 4.90 Å². The van der Waals surface area contributed by atoms with Crippen molar-refractivity contribution in [1.82, 2.24) is 9.80 Å². The van der Waals surface area contributed by atoms with E-state index in [1.54, 1.807) is 0 Å². The van der Waals surface area contributed by atoms with Gasteiger partial charge in [0.2, 0.25) is 12.7 Å². The molecule has 2 aromatic carbocycles. The molecule has 7 heteroatoms. The van der Waals surface area contributed by atoms with Crippen molar-refractivity contribution in [2.24, 2.45) is 5.92 Å². The minimum Gasteiger partial charge on any atom is -0.454 e. The van der Waals surface area contributed by atoms with Gasteiger partial charge >= 0.3 is 0 Å². The van der Waals surface area contributed by atoms with Gasteiger partial charge in [-0.15, -0.1) is 0 Å². The summed E-state index contributed by atoms with van der Waals surface area (Å²) in [6, 6.07) is 16.3. The number of rotatable bonds is 11. The number of nitrogens with zero attached hydrogens (tertiary/aromatic N) is 3. The second kappa shape index (κ2) is 14.1. The van der Waals surface area contributed by atoms with E-state index < -0.39 is 0 Å². The van der Waals surface area contributed by atoms with Gasteiger partial charge in [-0.1, -0.05) is 55.8 Å². The minimum absolute atomic E-state index is 0.110. The monoisotopic (exact) mass is 583 g/mol. The third-order valence-corrected chi connectivity index (χ3v) is 8.76. The number of hydrogen-bond acceptors (Lipinski definition) is 5. The Morgan fingerprint density at radius 2 is 1.98 bits per heavy atom. The normalized spacial score (nSPS) is 22.3. The molecule has 2 saturated heterocycles. The van der Waals surface area contributed by atoms with Crippen LogP contribution in [0, 0.1) is 12.8 Å². The lowest BCUT2D eigenvalue weighted by Gasteiger charge is -2.29. The number of ether oxygens (including phenoxy) is 2. The highest BCUT2D eigenvalue weighted by molar-refractivity contribution is 5.98. The van der Waals surface area contributed by atoms with Crippen molar-refractivity contribution in [3.63, 3.8) is 0 Å². The Balaban J connectivity index is 1.31. The second-order valence-electron chi connectivity index (χ2n) is 11.9. The Morgan fingerprint density at radius 1 is 1.14 bits per heavy atom. The first kappa shape index (κ1) is 30.6. The van der Waals surface area contributed by atoms with Crippen molar-refractivity contribution in [2.75, 3.05) is 37.9 Å². The molecule has 0 N–H and O–H groups in total. The van der Waals surface area contributed by atoms with Gasteiger partial charge in [0.15, 0.2) is 11.5 Å². The molecule has 2 fully saturated rings. The van der Waals surface area contributed by atoms with Crippen LogP contribution in [0.4, 0.5) is 5.69 Å². The fourth-order valence-corrected chi connectivity index (χ4v) is 6.39. The first-order chi connectivity index (χ1) is 20.9. The van der Waals surface area contributed by atoms with Gasteiger partial charge in [0.25, 0.3) is 5.91 Å². The van der Waals surface area contributed by atoms with Gasteiger partial charge in [-0.25, -0.2) is 0 Å². The van der Waals surface area contributed by atoms with E-state index in [-0.39, 0.29) is 24.6 Å². The van der Waals surface area contributed by atoms with E-state index in [1.165, 1.54) is 0 Å². The molecule has 0 radical (unpaired) electrons. The second-order valence-corrected chi connectivity index (χ2v) is 11.9. The highest BCUT2D eigenvalue weighted by Gasteiger charge is 2.35. The fourth-order valence-electron chi connectivity index (χ4n) is 6.39. The predicted octanol–water partition coefficient (Wildman–Crippen LogP) is 6.60. The molecule has 228 valence electrons. The number of carbonyl (C=O) groups excluding carboxylic acids is 2. The van der Waals surface area contributed by atoms with Crippen LogP contribution in [-0.2, 0) is 20.8 Å². The quantitative estimate of drug-likeness (QED) is 0.298. The summed E-state index contributed by atoms with van der Waals surface area (Å²) in [5.41, 5.74) is 5.05. The highest BCUT2D eigenvalue weighted by atomic mass is 16.7. The number of hydrogen-bond donors (Lipinski definition) is 0. The van der Waals surface area contributed by atoms with Gasteiger partial charge in [-0.05, 0) is 86.9 Å². The van der Waals surface area contributed by atoms with Crippen molar-refractivity contribution >= 4 is 17.5 Å². The van der Waals surface area contributed by atoms with Gasteiger partial charge in [0.1, 0.15) is 0 Å². The summed E-state index contributed by atoms with van der Waals surface area (Å²) in [4.78, 5) is 33.2. The van der Waals surface area contributed by atoms with E-state index in [1.807, 2.05) is 66.1 Å². The van der Waals surface area contributed by atoms with Crippen molar-refractivity contribution in [3.8, 4) is 0 Å². The molecule has 5 rings (SSSR count). The molecule has 3 aliphatic heterocycles. The summed E-state index contributed by atoms with van der Waals surface area (Å²) < 4.78 is 11.3. The molecule has 0 unspecified atom stereocenters. The molecule has 43 heavy (non-hydrogen) atoms. The van der Waals surface area contributed by atoms with E-state index in [0.717, 1.165) is 71.7 Å². The van der Waals surface area contributed by atoms with Gasteiger partial charge in [0, 0.05) is 43.5 Å². The standard InChI is InChI=1S/C36H45N3O4/c1-5-7-18-39(31-13-10-11-26(3)20-31)34(40)24-38-22-28(16-15-27(4)35-33(6-2)42-25-43-35)21-30(38)17-19-37-23-29-12-8-9-14-32(29)36(37)41/h6,8-16,20,28,30H,5,7,17-19,21-25H2,1-4H3/b16-15+,33-6+,35-27+/t28-,30+/m1/s1. The van der Waals surface area contributed by atoms with Crippen LogP contribution in [0.3, 0.4) is 0 Å². The van der Waals surface area contributed by atoms with E-state index in [4.69, 9.17) is 9.47 Å². The molecule has 0 spiro atoms. The SMILES string of the molecule is C/C=C1/OCO/C1=C(C)/C=C/[C@@H]1C[C@H](CCN2Cc3ccccc3C2=O)N(CC(=O)N(CCCC)c2cccc(C)c2)C1. The number of amides is 2. The number of benzene rings is 2. The molecule has 7 nitrogen and oxygen atoms in total. The Hall–Kier alpha value is -3.84. The zero-order valence-electron chi connectivity index (χ0n) is 26.1. The van der Waals surface area contributed by atoms with E-state index in [2.05, 4.69) is 43.0 Å².